The summed E-state index contributed by atoms with van der Waals surface area (Å²) in [6.45, 7) is 6.82. The summed E-state index contributed by atoms with van der Waals surface area (Å²) in [5.74, 6) is -0.276. The fourth-order valence-electron chi connectivity index (χ4n) is 4.93. The zero-order valence-corrected chi connectivity index (χ0v) is 22.3. The van der Waals surface area contributed by atoms with Crippen LogP contribution < -0.4 is 5.32 Å². The van der Waals surface area contributed by atoms with Gasteiger partial charge in [0.2, 0.25) is 0 Å². The highest BCUT2D eigenvalue weighted by Gasteiger charge is 2.29. The molecule has 3 amide bonds. The van der Waals surface area contributed by atoms with E-state index in [-0.39, 0.29) is 17.1 Å². The van der Waals surface area contributed by atoms with E-state index in [1.54, 1.807) is 12.2 Å². The van der Waals surface area contributed by atoms with E-state index in [1.165, 1.54) is 77.0 Å². The Bertz CT molecular complexity index is 825. The average molecular weight is 502 g/mol. The van der Waals surface area contributed by atoms with Gasteiger partial charge in [0.1, 0.15) is 0 Å². The van der Waals surface area contributed by atoms with Gasteiger partial charge in [0, 0.05) is 31.8 Å². The maximum absolute atomic E-state index is 12.9. The second-order valence-corrected chi connectivity index (χ2v) is 10.9. The van der Waals surface area contributed by atoms with E-state index < -0.39 is 0 Å². The van der Waals surface area contributed by atoms with E-state index in [0.717, 1.165) is 50.1 Å². The molecule has 0 saturated carbocycles. The summed E-state index contributed by atoms with van der Waals surface area (Å²) < 4.78 is 0. The summed E-state index contributed by atoms with van der Waals surface area (Å²) in [5.41, 5.74) is 1.47. The van der Waals surface area contributed by atoms with Gasteiger partial charge >= 0.3 is 0 Å². The van der Waals surface area contributed by atoms with Gasteiger partial charge in [-0.25, -0.2) is 0 Å². The molecule has 35 heavy (non-hydrogen) atoms. The Morgan fingerprint density at radius 1 is 0.857 bits per heavy atom. The molecule has 3 aliphatic rings. The van der Waals surface area contributed by atoms with Crippen molar-refractivity contribution in [2.75, 3.05) is 32.7 Å². The van der Waals surface area contributed by atoms with Crippen LogP contribution in [0.5, 0.6) is 0 Å². The molecular weight excluding hydrogens is 458 g/mol. The highest BCUT2D eigenvalue weighted by molar-refractivity contribution is 8.18. The fraction of sp³-hybridized carbons (Fsp3) is 0.679. The molecule has 2 aliphatic heterocycles. The zero-order valence-electron chi connectivity index (χ0n) is 21.5. The minimum atomic E-state index is -0.341. The molecule has 194 valence electrons. The lowest BCUT2D eigenvalue weighted by molar-refractivity contribution is -0.128. The minimum Gasteiger partial charge on any atom is -0.336 e. The van der Waals surface area contributed by atoms with Crippen LogP contribution in [-0.4, -0.2) is 59.6 Å². The number of imide groups is 1. The number of nitrogens with zero attached hydrogens (tertiary/aromatic N) is 2. The van der Waals surface area contributed by atoms with Gasteiger partial charge in [-0.3, -0.25) is 24.6 Å². The number of amides is 3. The number of nitrogens with one attached hydrogen (secondary N) is 1. The maximum Gasteiger partial charge on any atom is 0.290 e. The molecule has 0 spiro atoms. The van der Waals surface area contributed by atoms with Crippen molar-refractivity contribution in [1.29, 1.82) is 0 Å². The number of rotatable bonds is 14. The third kappa shape index (κ3) is 9.26. The Labute approximate surface area is 215 Å². The molecular formula is C28H43N3O3S. The number of thioether (sulfide) groups is 1. The molecule has 0 aromatic heterocycles. The molecule has 2 saturated heterocycles. The van der Waals surface area contributed by atoms with Crippen molar-refractivity contribution >= 4 is 28.8 Å². The summed E-state index contributed by atoms with van der Waals surface area (Å²) in [4.78, 5) is 41.0. The van der Waals surface area contributed by atoms with E-state index in [1.807, 2.05) is 11.0 Å². The van der Waals surface area contributed by atoms with Crippen LogP contribution in [0, 0.1) is 0 Å². The molecule has 7 heteroatoms. The van der Waals surface area contributed by atoms with E-state index in [4.69, 9.17) is 0 Å². The number of unbranched alkanes of at least 4 members (excludes halogenated alkanes) is 11. The Balaban J connectivity index is 1.23. The van der Waals surface area contributed by atoms with Crippen LogP contribution in [0.2, 0.25) is 0 Å². The highest BCUT2D eigenvalue weighted by atomic mass is 32.2. The van der Waals surface area contributed by atoms with Crippen molar-refractivity contribution < 1.29 is 14.4 Å². The first-order valence-electron chi connectivity index (χ1n) is 13.7. The average Bonchev–Trinajstić information content (AvgIpc) is 3.22. The lowest BCUT2D eigenvalue weighted by Gasteiger charge is -2.35. The molecule has 1 N–H and O–H groups in total. The number of carbonyl (C=O) groups is 3. The van der Waals surface area contributed by atoms with Crippen LogP contribution in [0.3, 0.4) is 0 Å². The predicted octanol–water partition coefficient (Wildman–Crippen LogP) is 5.96. The molecule has 2 fully saturated rings. The van der Waals surface area contributed by atoms with E-state index in [2.05, 4.69) is 17.1 Å². The van der Waals surface area contributed by atoms with Crippen molar-refractivity contribution in [3.05, 3.63) is 34.3 Å². The molecule has 0 radical (unpaired) electrons. The number of allylic oxidation sites excluding steroid dienone is 3. The van der Waals surface area contributed by atoms with Crippen LogP contribution in [0.25, 0.3) is 0 Å². The maximum atomic E-state index is 12.9. The molecule has 1 aliphatic carbocycles. The largest absolute Gasteiger partial charge is 0.336 e. The summed E-state index contributed by atoms with van der Waals surface area (Å²) in [6.07, 6.45) is 22.4. The van der Waals surface area contributed by atoms with Gasteiger partial charge < -0.3 is 4.90 Å². The molecule has 0 bridgehead atoms. The molecule has 0 atom stereocenters. The Morgan fingerprint density at radius 2 is 1.46 bits per heavy atom. The Kier molecular flexibility index (Phi) is 12.1. The highest BCUT2D eigenvalue weighted by Crippen LogP contribution is 2.31. The van der Waals surface area contributed by atoms with Gasteiger partial charge in [-0.15, -0.1) is 0 Å². The zero-order chi connectivity index (χ0) is 24.9. The number of carbonyl (C=O) groups excluding carboxylic acids is 3. The van der Waals surface area contributed by atoms with Crippen molar-refractivity contribution in [2.24, 2.45) is 0 Å². The third-order valence-corrected chi connectivity index (χ3v) is 8.09. The first-order chi connectivity index (χ1) is 17.1. The standard InChI is InChI=1S/C28H43N3O3S/c1-2-3-4-5-6-7-8-9-10-11-12-13-18-30-19-21-31(22-20-30)27(33)24-16-14-23(15-17-24)25-26(32)29-28(34)35-25/h14,16-17H,2-13,15,18-22H2,1H3,(H,29,32,34). The van der Waals surface area contributed by atoms with Crippen LogP contribution in [0.4, 0.5) is 4.79 Å². The summed E-state index contributed by atoms with van der Waals surface area (Å²) in [5, 5.41) is 1.95. The second-order valence-electron chi connectivity index (χ2n) is 9.92. The van der Waals surface area contributed by atoms with Gasteiger partial charge in [-0.1, -0.05) is 89.7 Å². The SMILES string of the molecule is CCCCCCCCCCCCCCN1CCN(C(=O)C2=CCC(=C3SC(=O)NC3=O)C=C2)CC1. The van der Waals surface area contributed by atoms with Crippen LogP contribution in [0.15, 0.2) is 34.3 Å². The van der Waals surface area contributed by atoms with Gasteiger partial charge in [0.15, 0.2) is 0 Å². The van der Waals surface area contributed by atoms with Crippen LogP contribution in [-0.2, 0) is 9.59 Å². The molecule has 0 unspecified atom stereocenters. The van der Waals surface area contributed by atoms with Gasteiger partial charge in [-0.2, -0.15) is 0 Å². The topological polar surface area (TPSA) is 69.7 Å². The predicted molar refractivity (Wildman–Crippen MR) is 144 cm³/mol. The lowest BCUT2D eigenvalue weighted by Crippen LogP contribution is -2.49. The first-order valence-corrected chi connectivity index (χ1v) is 14.6. The quantitative estimate of drug-likeness (QED) is 0.235. The van der Waals surface area contributed by atoms with Gasteiger partial charge in [-0.05, 0) is 42.8 Å². The molecule has 0 aromatic rings. The molecule has 3 rings (SSSR count). The summed E-state index contributed by atoms with van der Waals surface area (Å²) in [6, 6.07) is 0. The number of hydrogen-bond acceptors (Lipinski definition) is 5. The third-order valence-electron chi connectivity index (χ3n) is 7.15. The summed E-state index contributed by atoms with van der Waals surface area (Å²) >= 11 is 0.933. The Morgan fingerprint density at radius 3 is 1.97 bits per heavy atom. The summed E-state index contributed by atoms with van der Waals surface area (Å²) in [7, 11) is 0. The van der Waals surface area contributed by atoms with Gasteiger partial charge in [0.25, 0.3) is 17.1 Å². The van der Waals surface area contributed by atoms with Crippen molar-refractivity contribution in [3.8, 4) is 0 Å². The minimum absolute atomic E-state index is 0.0647. The lowest BCUT2D eigenvalue weighted by atomic mass is 10.0. The molecule has 0 aromatic carbocycles. The molecule has 6 nitrogen and oxygen atoms in total. The van der Waals surface area contributed by atoms with Crippen molar-refractivity contribution in [1.82, 2.24) is 15.1 Å². The normalized spacial score (nSPS) is 20.9. The smallest absolute Gasteiger partial charge is 0.290 e. The second kappa shape index (κ2) is 15.3. The van der Waals surface area contributed by atoms with Crippen molar-refractivity contribution in [2.45, 2.75) is 90.4 Å². The van der Waals surface area contributed by atoms with Crippen LogP contribution in [0.1, 0.15) is 90.4 Å². The number of hydrogen-bond donors (Lipinski definition) is 1. The van der Waals surface area contributed by atoms with Gasteiger partial charge in [0.05, 0.1) is 4.91 Å². The van der Waals surface area contributed by atoms with Crippen LogP contribution >= 0.6 is 11.8 Å². The van der Waals surface area contributed by atoms with Crippen molar-refractivity contribution in [3.63, 3.8) is 0 Å². The Hall–Kier alpha value is -1.86. The number of piperazine rings is 1. The first kappa shape index (κ1) is 27.7. The fourth-order valence-corrected chi connectivity index (χ4v) is 5.69. The van der Waals surface area contributed by atoms with E-state index >= 15 is 0 Å². The monoisotopic (exact) mass is 501 g/mol. The molecule has 2 heterocycles. The van der Waals surface area contributed by atoms with E-state index in [0.29, 0.717) is 16.9 Å². The van der Waals surface area contributed by atoms with E-state index in [9.17, 15) is 14.4 Å².